The van der Waals surface area contributed by atoms with Crippen molar-refractivity contribution in [3.8, 4) is 11.5 Å². The number of rotatable bonds is 9. The minimum absolute atomic E-state index is 0.533. The molecule has 0 bridgehead atoms. The van der Waals surface area contributed by atoms with Gasteiger partial charge in [-0.05, 0) is 24.1 Å². The van der Waals surface area contributed by atoms with E-state index in [9.17, 15) is 0 Å². The van der Waals surface area contributed by atoms with Crippen LogP contribution < -0.4 is 14.8 Å². The van der Waals surface area contributed by atoms with Crippen LogP contribution in [0.25, 0.3) is 0 Å². The van der Waals surface area contributed by atoms with Crippen LogP contribution in [0.1, 0.15) is 12.0 Å². The summed E-state index contributed by atoms with van der Waals surface area (Å²) in [4.78, 5) is 6.71. The Hall–Kier alpha value is -2.73. The Kier molecular flexibility index (Phi) is 8.19. The lowest BCUT2D eigenvalue weighted by Crippen LogP contribution is -2.41. The topological polar surface area (TPSA) is 55.3 Å². The molecule has 1 fully saturated rings. The van der Waals surface area contributed by atoms with Crippen molar-refractivity contribution in [3.05, 3.63) is 60.2 Å². The molecule has 1 N–H and O–H groups in total. The zero-order valence-corrected chi connectivity index (χ0v) is 17.3. The highest BCUT2D eigenvalue weighted by atomic mass is 16.5. The fraction of sp³-hybridized carbons (Fsp3) is 0.435. The van der Waals surface area contributed by atoms with Crippen LogP contribution in [0.4, 0.5) is 0 Å². The van der Waals surface area contributed by atoms with Crippen LogP contribution in [0.3, 0.4) is 0 Å². The summed E-state index contributed by atoms with van der Waals surface area (Å²) < 4.78 is 16.9. The number of hydrogen-bond acceptors (Lipinski definition) is 4. The largest absolute Gasteiger partial charge is 0.497 e. The Labute approximate surface area is 173 Å². The van der Waals surface area contributed by atoms with E-state index in [-0.39, 0.29) is 0 Å². The Bertz CT molecular complexity index is 767. The lowest BCUT2D eigenvalue weighted by molar-refractivity contribution is 0.0906. The van der Waals surface area contributed by atoms with E-state index in [0.717, 1.165) is 43.6 Å². The first-order valence-corrected chi connectivity index (χ1v) is 10.1. The summed E-state index contributed by atoms with van der Waals surface area (Å²) in [6.07, 6.45) is 1.12. The number of aliphatic imine (C=N–C) groups is 1. The first-order valence-electron chi connectivity index (χ1n) is 10.1. The molecule has 0 radical (unpaired) electrons. The van der Waals surface area contributed by atoms with E-state index in [0.29, 0.717) is 25.7 Å². The molecule has 3 rings (SSSR count). The molecule has 1 saturated heterocycles. The van der Waals surface area contributed by atoms with E-state index >= 15 is 0 Å². The number of nitrogens with one attached hydrogen (secondary N) is 1. The van der Waals surface area contributed by atoms with Crippen LogP contribution in [0.2, 0.25) is 0 Å². The summed E-state index contributed by atoms with van der Waals surface area (Å²) >= 11 is 0. The van der Waals surface area contributed by atoms with E-state index in [4.69, 9.17) is 14.2 Å². The van der Waals surface area contributed by atoms with Crippen molar-refractivity contribution in [2.75, 3.05) is 47.0 Å². The monoisotopic (exact) mass is 397 g/mol. The summed E-state index contributed by atoms with van der Waals surface area (Å²) in [6.45, 7) is 4.66. The minimum atomic E-state index is 0.533. The number of nitrogens with zero attached hydrogens (tertiary/aromatic N) is 2. The molecule has 0 aliphatic carbocycles. The fourth-order valence-corrected chi connectivity index (χ4v) is 3.43. The molecule has 2 aromatic rings. The van der Waals surface area contributed by atoms with Gasteiger partial charge in [0.2, 0.25) is 0 Å². The first kappa shape index (κ1) is 21.0. The molecule has 1 aliphatic rings. The van der Waals surface area contributed by atoms with Crippen molar-refractivity contribution >= 4 is 5.96 Å². The number of ether oxygens (including phenoxy) is 3. The molecule has 1 unspecified atom stereocenters. The molecule has 0 aromatic heterocycles. The van der Waals surface area contributed by atoms with Gasteiger partial charge in [-0.15, -0.1) is 0 Å². The second-order valence-electron chi connectivity index (χ2n) is 7.10. The third-order valence-electron chi connectivity index (χ3n) is 4.96. The second-order valence-corrected chi connectivity index (χ2v) is 7.10. The van der Waals surface area contributed by atoms with Crippen molar-refractivity contribution in [1.29, 1.82) is 0 Å². The number of likely N-dealkylation sites (tertiary alicyclic amines) is 1. The van der Waals surface area contributed by atoms with Gasteiger partial charge < -0.3 is 24.4 Å². The molecule has 156 valence electrons. The third kappa shape index (κ3) is 6.68. The summed E-state index contributed by atoms with van der Waals surface area (Å²) in [7, 11) is 3.48. The summed E-state index contributed by atoms with van der Waals surface area (Å²) in [5.74, 6) is 3.05. The van der Waals surface area contributed by atoms with Crippen LogP contribution in [0.15, 0.2) is 59.6 Å². The molecule has 29 heavy (non-hydrogen) atoms. The Morgan fingerprint density at radius 2 is 1.97 bits per heavy atom. The van der Waals surface area contributed by atoms with Gasteiger partial charge in [0.05, 0.1) is 26.9 Å². The number of benzene rings is 2. The molecule has 1 aliphatic heterocycles. The molecule has 6 heteroatoms. The van der Waals surface area contributed by atoms with Gasteiger partial charge in [0, 0.05) is 32.1 Å². The molecule has 0 saturated carbocycles. The van der Waals surface area contributed by atoms with Crippen molar-refractivity contribution in [1.82, 2.24) is 10.2 Å². The van der Waals surface area contributed by atoms with E-state index in [1.807, 2.05) is 49.5 Å². The zero-order chi connectivity index (χ0) is 20.3. The van der Waals surface area contributed by atoms with Gasteiger partial charge in [-0.3, -0.25) is 4.99 Å². The fourth-order valence-electron chi connectivity index (χ4n) is 3.43. The van der Waals surface area contributed by atoms with Crippen molar-refractivity contribution < 1.29 is 14.2 Å². The van der Waals surface area contributed by atoms with Crippen LogP contribution >= 0.6 is 0 Å². The molecule has 2 aromatic carbocycles. The zero-order valence-electron chi connectivity index (χ0n) is 17.3. The van der Waals surface area contributed by atoms with E-state index in [1.165, 1.54) is 5.56 Å². The predicted molar refractivity (Wildman–Crippen MR) is 116 cm³/mol. The van der Waals surface area contributed by atoms with Crippen LogP contribution in [-0.2, 0) is 11.3 Å². The van der Waals surface area contributed by atoms with Crippen molar-refractivity contribution in [2.45, 2.75) is 13.0 Å². The maximum atomic E-state index is 5.91. The van der Waals surface area contributed by atoms with Crippen LogP contribution in [0, 0.1) is 5.92 Å². The molecular weight excluding hydrogens is 366 g/mol. The van der Waals surface area contributed by atoms with Gasteiger partial charge in [-0.2, -0.15) is 0 Å². The Balaban J connectivity index is 1.34. The standard InChI is InChI=1S/C23H31N3O3/c1-24-23(25-12-14-29-22-10-6-9-21(15-22)27-2)26-13-11-20(16-26)18-28-17-19-7-4-3-5-8-19/h3-10,15,20H,11-14,16-18H2,1-2H3,(H,24,25). The number of hydrogen-bond donors (Lipinski definition) is 1. The van der Waals surface area contributed by atoms with E-state index in [1.54, 1.807) is 7.11 Å². The SMILES string of the molecule is CN=C(NCCOc1cccc(OC)c1)N1CCC(COCc2ccccc2)C1. The van der Waals surface area contributed by atoms with Gasteiger partial charge in [0.1, 0.15) is 18.1 Å². The molecule has 1 heterocycles. The molecule has 6 nitrogen and oxygen atoms in total. The molecule has 0 spiro atoms. The highest BCUT2D eigenvalue weighted by Gasteiger charge is 2.24. The smallest absolute Gasteiger partial charge is 0.193 e. The number of guanidine groups is 1. The Morgan fingerprint density at radius 3 is 2.76 bits per heavy atom. The van der Waals surface area contributed by atoms with E-state index in [2.05, 4.69) is 27.3 Å². The molecule has 0 amide bonds. The molecule has 1 atom stereocenters. The Morgan fingerprint density at radius 1 is 1.14 bits per heavy atom. The normalized spacial score (nSPS) is 16.7. The van der Waals surface area contributed by atoms with Gasteiger partial charge in [-0.1, -0.05) is 36.4 Å². The second kappa shape index (κ2) is 11.3. The summed E-state index contributed by atoms with van der Waals surface area (Å²) in [5.41, 5.74) is 1.22. The first-order chi connectivity index (χ1) is 14.3. The average molecular weight is 398 g/mol. The van der Waals surface area contributed by atoms with Gasteiger partial charge in [0.15, 0.2) is 5.96 Å². The van der Waals surface area contributed by atoms with Crippen LogP contribution in [0.5, 0.6) is 11.5 Å². The van der Waals surface area contributed by atoms with Gasteiger partial charge in [0.25, 0.3) is 0 Å². The lowest BCUT2D eigenvalue weighted by atomic mass is 10.1. The lowest BCUT2D eigenvalue weighted by Gasteiger charge is -2.22. The minimum Gasteiger partial charge on any atom is -0.497 e. The van der Waals surface area contributed by atoms with Gasteiger partial charge in [-0.25, -0.2) is 0 Å². The van der Waals surface area contributed by atoms with Crippen molar-refractivity contribution in [3.63, 3.8) is 0 Å². The predicted octanol–water partition coefficient (Wildman–Crippen LogP) is 3.19. The maximum Gasteiger partial charge on any atom is 0.193 e. The van der Waals surface area contributed by atoms with E-state index < -0.39 is 0 Å². The van der Waals surface area contributed by atoms with Gasteiger partial charge >= 0.3 is 0 Å². The highest BCUT2D eigenvalue weighted by Crippen LogP contribution is 2.19. The quantitative estimate of drug-likeness (QED) is 0.400. The maximum absolute atomic E-state index is 5.91. The summed E-state index contributed by atoms with van der Waals surface area (Å²) in [6, 6.07) is 17.9. The van der Waals surface area contributed by atoms with Crippen LogP contribution in [-0.4, -0.2) is 57.9 Å². The third-order valence-corrected chi connectivity index (χ3v) is 4.96. The molecular formula is C23H31N3O3. The highest BCUT2D eigenvalue weighted by molar-refractivity contribution is 5.80. The van der Waals surface area contributed by atoms with Crippen molar-refractivity contribution in [2.24, 2.45) is 10.9 Å². The number of methoxy groups -OCH3 is 1. The summed E-state index contributed by atoms with van der Waals surface area (Å²) in [5, 5.41) is 3.39. The average Bonchev–Trinajstić information content (AvgIpc) is 3.23.